The molecule has 0 spiro atoms. The second kappa shape index (κ2) is 10.8. The minimum atomic E-state index is -1.67. The molecule has 13 heteroatoms. The lowest BCUT2D eigenvalue weighted by atomic mass is 10.1. The van der Waals surface area contributed by atoms with Gasteiger partial charge in [0.2, 0.25) is 23.6 Å². The van der Waals surface area contributed by atoms with Gasteiger partial charge < -0.3 is 37.2 Å². The first-order chi connectivity index (χ1) is 13.1. The smallest absolute Gasteiger partial charge is 0.326 e. The molecule has 3 atom stereocenters. The van der Waals surface area contributed by atoms with Crippen LogP contribution in [0.3, 0.4) is 0 Å². The Kier molecular flexibility index (Phi) is 8.81. The van der Waals surface area contributed by atoms with E-state index in [1.54, 1.807) is 0 Å². The van der Waals surface area contributed by atoms with Crippen LogP contribution in [0.15, 0.2) is 0 Å². The van der Waals surface area contributed by atoms with Crippen molar-refractivity contribution in [2.75, 3.05) is 13.1 Å². The summed E-state index contributed by atoms with van der Waals surface area (Å²) >= 11 is 0. The fourth-order valence-electron chi connectivity index (χ4n) is 2.50. The van der Waals surface area contributed by atoms with Crippen LogP contribution in [0.4, 0.5) is 0 Å². The SMILES string of the molecule is NC(=O)CC(NC(=O)C(CC(=O)O)NC(=O)CNC(=O)C1CCCN1)C(=O)O. The molecule has 0 radical (unpaired) electrons. The number of primary amides is 1. The molecular weight excluding hydrogens is 378 g/mol. The Morgan fingerprint density at radius 1 is 1.04 bits per heavy atom. The lowest BCUT2D eigenvalue weighted by molar-refractivity contribution is -0.144. The van der Waals surface area contributed by atoms with Gasteiger partial charge in [-0.05, 0) is 19.4 Å². The van der Waals surface area contributed by atoms with Crippen LogP contribution < -0.4 is 27.0 Å². The van der Waals surface area contributed by atoms with Crippen molar-refractivity contribution in [3.8, 4) is 0 Å². The van der Waals surface area contributed by atoms with Gasteiger partial charge in [-0.1, -0.05) is 0 Å². The summed E-state index contributed by atoms with van der Waals surface area (Å²) in [6.45, 7) is 0.186. The molecule has 0 bridgehead atoms. The summed E-state index contributed by atoms with van der Waals surface area (Å²) in [5.41, 5.74) is 4.90. The third kappa shape index (κ3) is 7.99. The Hall–Kier alpha value is -3.22. The monoisotopic (exact) mass is 401 g/mol. The van der Waals surface area contributed by atoms with Crippen molar-refractivity contribution in [1.82, 2.24) is 21.3 Å². The van der Waals surface area contributed by atoms with Gasteiger partial charge in [0.05, 0.1) is 25.4 Å². The maximum absolute atomic E-state index is 12.2. The van der Waals surface area contributed by atoms with Crippen molar-refractivity contribution >= 4 is 35.6 Å². The van der Waals surface area contributed by atoms with Crippen LogP contribution in [0.1, 0.15) is 25.7 Å². The van der Waals surface area contributed by atoms with Crippen molar-refractivity contribution in [3.05, 3.63) is 0 Å². The molecule has 3 unspecified atom stereocenters. The number of carboxylic acid groups (broad SMARTS) is 2. The average Bonchev–Trinajstić information content (AvgIpc) is 3.12. The zero-order valence-electron chi connectivity index (χ0n) is 14.9. The molecule has 1 fully saturated rings. The van der Waals surface area contributed by atoms with Crippen LogP contribution in [-0.2, 0) is 28.8 Å². The summed E-state index contributed by atoms with van der Waals surface area (Å²) in [6, 6.07) is -3.70. The van der Waals surface area contributed by atoms with Crippen LogP contribution in [0.25, 0.3) is 0 Å². The highest BCUT2D eigenvalue weighted by atomic mass is 16.4. The van der Waals surface area contributed by atoms with E-state index in [1.165, 1.54) is 0 Å². The zero-order chi connectivity index (χ0) is 21.3. The predicted octanol–water partition coefficient (Wildman–Crippen LogP) is -3.74. The van der Waals surface area contributed by atoms with Gasteiger partial charge in [-0.3, -0.25) is 24.0 Å². The molecule has 8 N–H and O–H groups in total. The number of aliphatic carboxylic acids is 2. The van der Waals surface area contributed by atoms with Crippen molar-refractivity contribution in [2.45, 2.75) is 43.8 Å². The molecule has 1 saturated heterocycles. The Morgan fingerprint density at radius 2 is 1.71 bits per heavy atom. The molecular formula is C15H23N5O8. The minimum Gasteiger partial charge on any atom is -0.481 e. The number of nitrogens with one attached hydrogen (secondary N) is 4. The molecule has 0 aromatic rings. The van der Waals surface area contributed by atoms with E-state index in [4.69, 9.17) is 15.9 Å². The van der Waals surface area contributed by atoms with Crippen molar-refractivity contribution < 1.29 is 39.0 Å². The summed E-state index contributed by atoms with van der Waals surface area (Å²) in [4.78, 5) is 68.8. The fraction of sp³-hybridized carbons (Fsp3) is 0.600. The quantitative estimate of drug-likeness (QED) is 0.181. The summed E-state index contributed by atoms with van der Waals surface area (Å²) in [5, 5.41) is 27.2. The standard InChI is InChI=1S/C15H23N5O8/c16-10(21)4-9(15(27)28)20-14(26)8(5-12(23)24)19-11(22)6-18-13(25)7-2-1-3-17-7/h7-9,17H,1-6H2,(H2,16,21)(H,18,25)(H,19,22)(H,20,26)(H,23,24)(H,27,28). The number of carbonyl (C=O) groups excluding carboxylic acids is 4. The van der Waals surface area contributed by atoms with E-state index in [9.17, 15) is 28.8 Å². The summed E-state index contributed by atoms with van der Waals surface area (Å²) in [5.74, 6) is -6.33. The molecule has 0 aromatic heterocycles. The summed E-state index contributed by atoms with van der Waals surface area (Å²) < 4.78 is 0. The highest BCUT2D eigenvalue weighted by Gasteiger charge is 2.29. The maximum atomic E-state index is 12.2. The van der Waals surface area contributed by atoms with Gasteiger partial charge in [-0.2, -0.15) is 0 Å². The summed E-state index contributed by atoms with van der Waals surface area (Å²) in [7, 11) is 0. The van der Waals surface area contributed by atoms with Crippen LogP contribution in [0.2, 0.25) is 0 Å². The molecule has 0 aliphatic carbocycles. The molecule has 1 aliphatic heterocycles. The molecule has 28 heavy (non-hydrogen) atoms. The third-order valence-corrected chi connectivity index (χ3v) is 3.85. The second-order valence-corrected chi connectivity index (χ2v) is 6.15. The first kappa shape index (κ1) is 22.8. The average molecular weight is 401 g/mol. The highest BCUT2D eigenvalue weighted by Crippen LogP contribution is 2.04. The van der Waals surface area contributed by atoms with E-state index < -0.39 is 73.1 Å². The number of hydrogen-bond acceptors (Lipinski definition) is 7. The Bertz CT molecular complexity index is 646. The largest absolute Gasteiger partial charge is 0.481 e. The number of carbonyl (C=O) groups is 6. The van der Waals surface area contributed by atoms with Gasteiger partial charge in [-0.15, -0.1) is 0 Å². The molecule has 4 amide bonds. The third-order valence-electron chi connectivity index (χ3n) is 3.85. The molecule has 0 aromatic carbocycles. The normalized spacial score (nSPS) is 17.8. The Morgan fingerprint density at radius 3 is 2.21 bits per heavy atom. The van der Waals surface area contributed by atoms with Gasteiger partial charge in [0.15, 0.2) is 0 Å². The lowest BCUT2D eigenvalue weighted by Gasteiger charge is -2.20. The molecule has 1 aliphatic rings. The number of amides is 4. The molecule has 1 rings (SSSR count). The van der Waals surface area contributed by atoms with Gasteiger partial charge in [0.25, 0.3) is 0 Å². The second-order valence-electron chi connectivity index (χ2n) is 6.15. The van der Waals surface area contributed by atoms with Crippen LogP contribution in [0, 0.1) is 0 Å². The Labute approximate surface area is 159 Å². The van der Waals surface area contributed by atoms with E-state index in [1.807, 2.05) is 5.32 Å². The first-order valence-corrected chi connectivity index (χ1v) is 8.44. The van der Waals surface area contributed by atoms with E-state index in [0.29, 0.717) is 13.0 Å². The van der Waals surface area contributed by atoms with E-state index >= 15 is 0 Å². The maximum Gasteiger partial charge on any atom is 0.326 e. The molecule has 1 heterocycles. The molecule has 0 saturated carbocycles. The van der Waals surface area contributed by atoms with Crippen LogP contribution >= 0.6 is 0 Å². The van der Waals surface area contributed by atoms with E-state index in [2.05, 4.69) is 16.0 Å². The topological polar surface area (TPSA) is 217 Å². The highest BCUT2D eigenvalue weighted by molar-refractivity contribution is 5.95. The van der Waals surface area contributed by atoms with Gasteiger partial charge >= 0.3 is 11.9 Å². The number of rotatable bonds is 11. The van der Waals surface area contributed by atoms with Crippen molar-refractivity contribution in [3.63, 3.8) is 0 Å². The van der Waals surface area contributed by atoms with Gasteiger partial charge in [0, 0.05) is 0 Å². The fourth-order valence-corrected chi connectivity index (χ4v) is 2.50. The van der Waals surface area contributed by atoms with E-state index in [0.717, 1.165) is 6.42 Å². The summed E-state index contributed by atoms with van der Waals surface area (Å²) in [6.07, 6.45) is -0.104. The van der Waals surface area contributed by atoms with Gasteiger partial charge in [0.1, 0.15) is 12.1 Å². The van der Waals surface area contributed by atoms with Crippen LogP contribution in [0.5, 0.6) is 0 Å². The van der Waals surface area contributed by atoms with E-state index in [-0.39, 0.29) is 0 Å². The lowest BCUT2D eigenvalue weighted by Crippen LogP contribution is -2.54. The Balaban J connectivity index is 2.64. The molecule has 156 valence electrons. The number of carboxylic acids is 2. The van der Waals surface area contributed by atoms with Crippen molar-refractivity contribution in [1.29, 1.82) is 0 Å². The van der Waals surface area contributed by atoms with Crippen LogP contribution in [-0.4, -0.2) is 77.0 Å². The van der Waals surface area contributed by atoms with Crippen molar-refractivity contribution in [2.24, 2.45) is 5.73 Å². The predicted molar refractivity (Wildman–Crippen MR) is 91.6 cm³/mol. The molecule has 13 nitrogen and oxygen atoms in total. The number of nitrogens with two attached hydrogens (primary N) is 1. The number of hydrogen-bond donors (Lipinski definition) is 7. The first-order valence-electron chi connectivity index (χ1n) is 8.44. The van der Waals surface area contributed by atoms with Gasteiger partial charge in [-0.25, -0.2) is 4.79 Å². The minimum absolute atomic E-state index is 0.403. The zero-order valence-corrected chi connectivity index (χ0v) is 14.9.